The lowest BCUT2D eigenvalue weighted by atomic mass is 10.1. The molecule has 4 heteroatoms. The molecule has 80 valence electrons. The van der Waals surface area contributed by atoms with Gasteiger partial charge in [0.25, 0.3) is 0 Å². The van der Waals surface area contributed by atoms with Gasteiger partial charge >= 0.3 is 5.97 Å². The first-order valence-corrected chi connectivity index (χ1v) is 5.75. The van der Waals surface area contributed by atoms with E-state index in [9.17, 15) is 4.79 Å². The summed E-state index contributed by atoms with van der Waals surface area (Å²) in [5.41, 5.74) is 2.77. The van der Waals surface area contributed by atoms with Crippen LogP contribution in [-0.2, 0) is 11.2 Å². The minimum absolute atomic E-state index is 0.232. The number of ether oxygens (including phenoxy) is 1. The molecule has 0 unspecified atom stereocenters. The fraction of sp³-hybridized carbons (Fsp3) is 0.364. The van der Waals surface area contributed by atoms with Crippen LogP contribution < -0.4 is 5.32 Å². The molecule has 1 N–H and O–H groups in total. The monoisotopic (exact) mass is 269 g/mol. The minimum atomic E-state index is -0.232. The normalized spacial score (nSPS) is 13.2. The van der Waals surface area contributed by atoms with Gasteiger partial charge in [-0.3, -0.25) is 0 Å². The second-order valence-corrected chi connectivity index (χ2v) is 4.20. The Kier molecular flexibility index (Phi) is 2.95. The molecule has 1 aromatic carbocycles. The molecule has 3 nitrogen and oxygen atoms in total. The highest BCUT2D eigenvalue weighted by Gasteiger charge is 2.21. The molecule has 0 radical (unpaired) electrons. The molecule has 0 amide bonds. The first-order chi connectivity index (χ1) is 7.24. The average molecular weight is 270 g/mol. The van der Waals surface area contributed by atoms with E-state index in [0.717, 1.165) is 28.7 Å². The largest absolute Gasteiger partial charge is 0.462 e. The standard InChI is InChI=1S/C11H12BrNO2/c1-2-15-11(14)8-3-4-9(12)10-7(8)5-6-13-10/h3-4,13H,2,5-6H2,1H3. The second kappa shape index (κ2) is 4.23. The lowest BCUT2D eigenvalue weighted by Gasteiger charge is -2.08. The molecule has 0 fully saturated rings. The molecule has 15 heavy (non-hydrogen) atoms. The number of carbonyl (C=O) groups excluding carboxylic acids is 1. The van der Waals surface area contributed by atoms with E-state index in [-0.39, 0.29) is 5.97 Å². The van der Waals surface area contributed by atoms with E-state index in [1.807, 2.05) is 19.1 Å². The topological polar surface area (TPSA) is 38.3 Å². The summed E-state index contributed by atoms with van der Waals surface area (Å²) in [7, 11) is 0. The number of benzene rings is 1. The Morgan fingerprint density at radius 3 is 3.13 bits per heavy atom. The number of esters is 1. The van der Waals surface area contributed by atoms with Crippen molar-refractivity contribution in [2.24, 2.45) is 0 Å². The summed E-state index contributed by atoms with van der Waals surface area (Å²) in [5, 5.41) is 3.25. The fourth-order valence-corrected chi connectivity index (χ4v) is 2.29. The molecule has 1 aliphatic heterocycles. The summed E-state index contributed by atoms with van der Waals surface area (Å²) in [6.45, 7) is 3.11. The molecule has 0 aromatic heterocycles. The molecular formula is C11H12BrNO2. The molecule has 2 rings (SSSR count). The number of anilines is 1. The van der Waals surface area contributed by atoms with Gasteiger partial charge in [0.2, 0.25) is 0 Å². The number of nitrogens with one attached hydrogen (secondary N) is 1. The van der Waals surface area contributed by atoms with Crippen LogP contribution in [0.3, 0.4) is 0 Å². The van der Waals surface area contributed by atoms with Gasteiger partial charge in [0.15, 0.2) is 0 Å². The van der Waals surface area contributed by atoms with Gasteiger partial charge in [-0.1, -0.05) is 0 Å². The van der Waals surface area contributed by atoms with Gasteiger partial charge in [-0.15, -0.1) is 0 Å². The van der Waals surface area contributed by atoms with Crippen LogP contribution in [0.1, 0.15) is 22.8 Å². The van der Waals surface area contributed by atoms with E-state index in [1.54, 1.807) is 0 Å². The number of halogens is 1. The molecule has 1 aromatic rings. The van der Waals surface area contributed by atoms with Gasteiger partial charge in [-0.25, -0.2) is 4.79 Å². The first-order valence-electron chi connectivity index (χ1n) is 4.96. The third-order valence-corrected chi connectivity index (χ3v) is 3.10. The minimum Gasteiger partial charge on any atom is -0.462 e. The summed E-state index contributed by atoms with van der Waals surface area (Å²) >= 11 is 3.45. The Morgan fingerprint density at radius 2 is 2.40 bits per heavy atom. The van der Waals surface area contributed by atoms with Crippen molar-refractivity contribution >= 4 is 27.6 Å². The predicted molar refractivity (Wildman–Crippen MR) is 62.3 cm³/mol. The van der Waals surface area contributed by atoms with E-state index in [2.05, 4.69) is 21.2 Å². The van der Waals surface area contributed by atoms with Crippen LogP contribution in [-0.4, -0.2) is 19.1 Å². The summed E-state index contributed by atoms with van der Waals surface area (Å²) in [6.07, 6.45) is 0.878. The Balaban J connectivity index is 2.41. The van der Waals surface area contributed by atoms with Crippen molar-refractivity contribution < 1.29 is 9.53 Å². The van der Waals surface area contributed by atoms with Crippen LogP contribution in [0.2, 0.25) is 0 Å². The van der Waals surface area contributed by atoms with E-state index < -0.39 is 0 Å². The van der Waals surface area contributed by atoms with Gasteiger partial charge in [0.05, 0.1) is 17.9 Å². The van der Waals surface area contributed by atoms with E-state index in [1.165, 1.54) is 0 Å². The van der Waals surface area contributed by atoms with Gasteiger partial charge in [0.1, 0.15) is 0 Å². The van der Waals surface area contributed by atoms with Gasteiger partial charge in [0, 0.05) is 11.0 Å². The van der Waals surface area contributed by atoms with Crippen molar-refractivity contribution in [1.29, 1.82) is 0 Å². The Hall–Kier alpha value is -1.03. The summed E-state index contributed by atoms with van der Waals surface area (Å²) in [6, 6.07) is 3.69. The molecule has 0 aliphatic carbocycles. The van der Waals surface area contributed by atoms with Crippen molar-refractivity contribution in [2.45, 2.75) is 13.3 Å². The Labute approximate surface area is 96.9 Å². The van der Waals surface area contributed by atoms with Crippen molar-refractivity contribution in [2.75, 3.05) is 18.5 Å². The molecule has 0 spiro atoms. The maximum absolute atomic E-state index is 11.7. The zero-order valence-electron chi connectivity index (χ0n) is 8.47. The van der Waals surface area contributed by atoms with Crippen LogP contribution >= 0.6 is 15.9 Å². The summed E-state index contributed by atoms with van der Waals surface area (Å²) in [4.78, 5) is 11.7. The number of carbonyl (C=O) groups is 1. The van der Waals surface area contributed by atoms with Crippen LogP contribution in [0.15, 0.2) is 16.6 Å². The van der Waals surface area contributed by atoms with Gasteiger partial charge < -0.3 is 10.1 Å². The zero-order valence-corrected chi connectivity index (χ0v) is 10.1. The summed E-state index contributed by atoms with van der Waals surface area (Å²) in [5.74, 6) is -0.232. The van der Waals surface area contributed by atoms with Crippen LogP contribution in [0, 0.1) is 0 Å². The SMILES string of the molecule is CCOC(=O)c1ccc(Br)c2c1CCN2. The highest BCUT2D eigenvalue weighted by Crippen LogP contribution is 2.33. The lowest BCUT2D eigenvalue weighted by molar-refractivity contribution is 0.0525. The lowest BCUT2D eigenvalue weighted by Crippen LogP contribution is -2.07. The summed E-state index contributed by atoms with van der Waals surface area (Å²) < 4.78 is 6.01. The van der Waals surface area contributed by atoms with Crippen molar-refractivity contribution in [1.82, 2.24) is 0 Å². The second-order valence-electron chi connectivity index (χ2n) is 3.35. The van der Waals surface area contributed by atoms with E-state index in [4.69, 9.17) is 4.74 Å². The molecular weight excluding hydrogens is 258 g/mol. The molecule has 0 bridgehead atoms. The van der Waals surface area contributed by atoms with Crippen molar-refractivity contribution in [3.63, 3.8) is 0 Å². The molecule has 0 atom stereocenters. The van der Waals surface area contributed by atoms with Crippen LogP contribution in [0.5, 0.6) is 0 Å². The van der Waals surface area contributed by atoms with Crippen LogP contribution in [0.25, 0.3) is 0 Å². The van der Waals surface area contributed by atoms with Crippen molar-refractivity contribution in [3.8, 4) is 0 Å². The van der Waals surface area contributed by atoms with E-state index in [0.29, 0.717) is 12.2 Å². The van der Waals surface area contributed by atoms with Gasteiger partial charge in [-0.2, -0.15) is 0 Å². The fourth-order valence-electron chi connectivity index (χ4n) is 1.78. The number of rotatable bonds is 2. The maximum Gasteiger partial charge on any atom is 0.338 e. The average Bonchev–Trinajstić information content (AvgIpc) is 2.68. The molecule has 0 saturated carbocycles. The van der Waals surface area contributed by atoms with Crippen LogP contribution in [0.4, 0.5) is 5.69 Å². The third-order valence-electron chi connectivity index (χ3n) is 2.43. The Bertz CT molecular complexity index is 404. The quantitative estimate of drug-likeness (QED) is 0.839. The van der Waals surface area contributed by atoms with E-state index >= 15 is 0 Å². The zero-order chi connectivity index (χ0) is 10.8. The maximum atomic E-state index is 11.7. The molecule has 0 saturated heterocycles. The highest BCUT2D eigenvalue weighted by atomic mass is 79.9. The number of hydrogen-bond acceptors (Lipinski definition) is 3. The smallest absolute Gasteiger partial charge is 0.338 e. The molecule has 1 heterocycles. The first kappa shape index (κ1) is 10.5. The number of fused-ring (bicyclic) bond motifs is 1. The highest BCUT2D eigenvalue weighted by molar-refractivity contribution is 9.10. The van der Waals surface area contributed by atoms with Crippen molar-refractivity contribution in [3.05, 3.63) is 27.7 Å². The van der Waals surface area contributed by atoms with Gasteiger partial charge in [-0.05, 0) is 47.0 Å². The number of hydrogen-bond donors (Lipinski definition) is 1. The predicted octanol–water partition coefficient (Wildman–Crippen LogP) is 2.59. The third kappa shape index (κ3) is 1.86. The molecule has 1 aliphatic rings. The Morgan fingerprint density at radius 1 is 1.60 bits per heavy atom.